The Kier molecular flexibility index (Phi) is 4.41. The van der Waals surface area contributed by atoms with Crippen molar-refractivity contribution in [1.82, 2.24) is 10.3 Å². The molecule has 3 rings (SSSR count). The first kappa shape index (κ1) is 14.2. The second-order valence-electron chi connectivity index (χ2n) is 5.07. The molecule has 2 aromatic carbocycles. The van der Waals surface area contributed by atoms with Gasteiger partial charge in [0.25, 0.3) is 0 Å². The Morgan fingerprint density at radius 2 is 1.86 bits per heavy atom. The first-order valence-electron chi connectivity index (χ1n) is 7.19. The van der Waals surface area contributed by atoms with E-state index in [9.17, 15) is 4.79 Å². The summed E-state index contributed by atoms with van der Waals surface area (Å²) in [5.74, 6) is -0.0515. The average Bonchev–Trinajstić information content (AvgIpc) is 2.56. The molecule has 3 aromatic rings. The second-order valence-corrected chi connectivity index (χ2v) is 5.07. The number of carbonyl (C=O) groups is 1. The van der Waals surface area contributed by atoms with Gasteiger partial charge in [0.2, 0.25) is 5.91 Å². The highest BCUT2D eigenvalue weighted by atomic mass is 16.1. The highest BCUT2D eigenvalue weighted by molar-refractivity contribution is 5.95. The summed E-state index contributed by atoms with van der Waals surface area (Å²) in [6.07, 6.45) is 3.55. The number of nitrogens with one attached hydrogen (secondary N) is 2. The second kappa shape index (κ2) is 6.83. The molecule has 0 aliphatic heterocycles. The number of anilines is 1. The highest BCUT2D eigenvalue weighted by Crippen LogP contribution is 2.17. The minimum absolute atomic E-state index is 0.0515. The van der Waals surface area contributed by atoms with Crippen LogP contribution in [0.5, 0.6) is 0 Å². The number of amides is 1. The Balaban J connectivity index is 1.54. The fourth-order valence-corrected chi connectivity index (χ4v) is 2.28. The van der Waals surface area contributed by atoms with Crippen LogP contribution in [0.2, 0.25) is 0 Å². The molecule has 0 aliphatic carbocycles. The minimum Gasteiger partial charge on any atom is -0.325 e. The molecule has 0 saturated carbocycles. The third kappa shape index (κ3) is 3.68. The van der Waals surface area contributed by atoms with Gasteiger partial charge in [-0.25, -0.2) is 0 Å². The van der Waals surface area contributed by atoms with Gasteiger partial charge in [0, 0.05) is 30.0 Å². The predicted molar refractivity (Wildman–Crippen MR) is 88.5 cm³/mol. The van der Waals surface area contributed by atoms with Gasteiger partial charge in [-0.1, -0.05) is 36.4 Å². The Morgan fingerprint density at radius 3 is 2.73 bits per heavy atom. The molecule has 0 atom stereocenters. The number of rotatable bonds is 5. The number of aromatic nitrogens is 1. The first-order chi connectivity index (χ1) is 10.8. The van der Waals surface area contributed by atoms with Crippen molar-refractivity contribution in [1.29, 1.82) is 0 Å². The van der Waals surface area contributed by atoms with Crippen molar-refractivity contribution in [3.63, 3.8) is 0 Å². The summed E-state index contributed by atoms with van der Waals surface area (Å²) >= 11 is 0. The van der Waals surface area contributed by atoms with E-state index in [0.29, 0.717) is 6.54 Å². The smallest absolute Gasteiger partial charge is 0.238 e. The van der Waals surface area contributed by atoms with E-state index >= 15 is 0 Å². The summed E-state index contributed by atoms with van der Waals surface area (Å²) in [4.78, 5) is 16.0. The van der Waals surface area contributed by atoms with Crippen molar-refractivity contribution in [2.24, 2.45) is 0 Å². The molecule has 1 aromatic heterocycles. The lowest BCUT2D eigenvalue weighted by Crippen LogP contribution is -2.27. The van der Waals surface area contributed by atoms with Gasteiger partial charge in [-0.15, -0.1) is 0 Å². The van der Waals surface area contributed by atoms with E-state index in [1.54, 1.807) is 6.20 Å². The van der Waals surface area contributed by atoms with Crippen molar-refractivity contribution in [2.75, 3.05) is 11.9 Å². The zero-order chi connectivity index (χ0) is 15.2. The maximum absolute atomic E-state index is 12.0. The summed E-state index contributed by atoms with van der Waals surface area (Å²) in [5, 5.41) is 8.15. The normalized spacial score (nSPS) is 10.5. The number of hydrogen-bond acceptors (Lipinski definition) is 3. The van der Waals surface area contributed by atoms with Crippen molar-refractivity contribution in [3.8, 4) is 0 Å². The number of pyridine rings is 1. The molecule has 0 bridgehead atoms. The lowest BCUT2D eigenvalue weighted by atomic mass is 10.1. The van der Waals surface area contributed by atoms with E-state index in [0.717, 1.165) is 22.0 Å². The van der Waals surface area contributed by atoms with E-state index < -0.39 is 0 Å². The van der Waals surface area contributed by atoms with E-state index in [4.69, 9.17) is 0 Å². The van der Waals surface area contributed by atoms with Crippen LogP contribution in [0.4, 0.5) is 5.69 Å². The van der Waals surface area contributed by atoms with Gasteiger partial charge in [-0.05, 0) is 29.1 Å². The van der Waals surface area contributed by atoms with E-state index in [2.05, 4.69) is 15.6 Å². The number of fused-ring (bicyclic) bond motifs is 1. The van der Waals surface area contributed by atoms with Crippen LogP contribution in [-0.4, -0.2) is 17.4 Å². The van der Waals surface area contributed by atoms with Gasteiger partial charge in [-0.2, -0.15) is 0 Å². The third-order valence-corrected chi connectivity index (χ3v) is 3.38. The van der Waals surface area contributed by atoms with Gasteiger partial charge in [0.05, 0.1) is 6.54 Å². The molecule has 1 amide bonds. The van der Waals surface area contributed by atoms with Crippen molar-refractivity contribution in [2.45, 2.75) is 6.54 Å². The molecule has 0 spiro atoms. The summed E-state index contributed by atoms with van der Waals surface area (Å²) in [5.41, 5.74) is 1.96. The summed E-state index contributed by atoms with van der Waals surface area (Å²) in [6.45, 7) is 0.959. The summed E-state index contributed by atoms with van der Waals surface area (Å²) in [7, 11) is 0. The Labute approximate surface area is 129 Å². The standard InChI is InChI=1S/C18H17N3O/c22-18(13-20-11-14-4-2-1-3-5-14)21-17-7-6-16-12-19-9-8-15(16)10-17/h1-10,12,20H,11,13H2,(H,21,22). The van der Waals surface area contributed by atoms with Crippen LogP contribution in [0.3, 0.4) is 0 Å². The highest BCUT2D eigenvalue weighted by Gasteiger charge is 2.03. The minimum atomic E-state index is -0.0515. The molecular weight excluding hydrogens is 274 g/mol. The van der Waals surface area contributed by atoms with Crippen LogP contribution >= 0.6 is 0 Å². The monoisotopic (exact) mass is 291 g/mol. The van der Waals surface area contributed by atoms with Crippen molar-refractivity contribution in [3.05, 3.63) is 72.6 Å². The topological polar surface area (TPSA) is 54.0 Å². The molecule has 0 radical (unpaired) electrons. The molecule has 110 valence electrons. The fourth-order valence-electron chi connectivity index (χ4n) is 2.28. The molecular formula is C18H17N3O. The van der Waals surface area contributed by atoms with Gasteiger partial charge in [0.15, 0.2) is 0 Å². The average molecular weight is 291 g/mol. The van der Waals surface area contributed by atoms with E-state index in [1.165, 1.54) is 0 Å². The molecule has 1 heterocycles. The molecule has 4 heteroatoms. The number of hydrogen-bond donors (Lipinski definition) is 2. The van der Waals surface area contributed by atoms with Crippen LogP contribution in [0, 0.1) is 0 Å². The fraction of sp³-hybridized carbons (Fsp3) is 0.111. The van der Waals surface area contributed by atoms with Gasteiger partial charge >= 0.3 is 0 Å². The molecule has 0 aliphatic rings. The molecule has 4 nitrogen and oxygen atoms in total. The van der Waals surface area contributed by atoms with Crippen LogP contribution in [0.15, 0.2) is 67.0 Å². The largest absolute Gasteiger partial charge is 0.325 e. The van der Waals surface area contributed by atoms with E-state index in [1.807, 2.05) is 60.8 Å². The first-order valence-corrected chi connectivity index (χ1v) is 7.19. The SMILES string of the molecule is O=C(CNCc1ccccc1)Nc1ccc2cnccc2c1. The number of carbonyl (C=O) groups excluding carboxylic acids is 1. The number of benzene rings is 2. The third-order valence-electron chi connectivity index (χ3n) is 3.38. The lowest BCUT2D eigenvalue weighted by Gasteiger charge is -2.08. The van der Waals surface area contributed by atoms with Crippen LogP contribution < -0.4 is 10.6 Å². The van der Waals surface area contributed by atoms with Gasteiger partial charge in [-0.3, -0.25) is 9.78 Å². The molecule has 0 unspecified atom stereocenters. The van der Waals surface area contributed by atoms with Crippen molar-refractivity contribution < 1.29 is 4.79 Å². The predicted octanol–water partition coefficient (Wildman–Crippen LogP) is 2.96. The Bertz CT molecular complexity index is 771. The van der Waals surface area contributed by atoms with Crippen molar-refractivity contribution >= 4 is 22.4 Å². The molecule has 2 N–H and O–H groups in total. The van der Waals surface area contributed by atoms with Crippen LogP contribution in [0.1, 0.15) is 5.56 Å². The molecule has 22 heavy (non-hydrogen) atoms. The zero-order valence-electron chi connectivity index (χ0n) is 12.1. The molecule has 0 fully saturated rings. The maximum Gasteiger partial charge on any atom is 0.238 e. The quantitative estimate of drug-likeness (QED) is 0.760. The molecule has 0 saturated heterocycles. The van der Waals surface area contributed by atoms with Crippen LogP contribution in [0.25, 0.3) is 10.8 Å². The maximum atomic E-state index is 12.0. The van der Waals surface area contributed by atoms with Gasteiger partial charge < -0.3 is 10.6 Å². The zero-order valence-corrected chi connectivity index (χ0v) is 12.1. The van der Waals surface area contributed by atoms with E-state index in [-0.39, 0.29) is 12.5 Å². The Hall–Kier alpha value is -2.72. The number of nitrogens with zero attached hydrogens (tertiary/aromatic N) is 1. The Morgan fingerprint density at radius 1 is 1.00 bits per heavy atom. The summed E-state index contributed by atoms with van der Waals surface area (Å²) < 4.78 is 0. The van der Waals surface area contributed by atoms with Gasteiger partial charge in [0.1, 0.15) is 0 Å². The van der Waals surface area contributed by atoms with Crippen LogP contribution in [-0.2, 0) is 11.3 Å². The summed E-state index contributed by atoms with van der Waals surface area (Å²) in [6, 6.07) is 17.7. The lowest BCUT2D eigenvalue weighted by molar-refractivity contribution is -0.115.